The molecule has 72 valence electrons. The molecule has 2 N–H and O–H groups in total. The van der Waals surface area contributed by atoms with Gasteiger partial charge in [0, 0.05) is 5.56 Å². The molecule has 0 aliphatic heterocycles. The van der Waals surface area contributed by atoms with E-state index in [1.54, 1.807) is 7.11 Å². The van der Waals surface area contributed by atoms with Gasteiger partial charge in [0.05, 0.1) is 7.11 Å². The Morgan fingerprint density at radius 2 is 2.07 bits per heavy atom. The summed E-state index contributed by atoms with van der Waals surface area (Å²) in [5.41, 5.74) is 6.85. The van der Waals surface area contributed by atoms with Crippen LogP contribution < -0.4 is 10.5 Å². The predicted molar refractivity (Wildman–Crippen MR) is 50.7 cm³/mol. The molecule has 1 heterocycles. The van der Waals surface area contributed by atoms with Crippen LogP contribution in [0, 0.1) is 0 Å². The van der Waals surface area contributed by atoms with Crippen LogP contribution in [0.4, 0.5) is 5.82 Å². The molecule has 5 heteroatoms. The van der Waals surface area contributed by atoms with Gasteiger partial charge in [0.1, 0.15) is 5.75 Å². The van der Waals surface area contributed by atoms with Gasteiger partial charge in [-0.3, -0.25) is 0 Å². The van der Waals surface area contributed by atoms with Crippen molar-refractivity contribution in [2.75, 3.05) is 12.8 Å². The van der Waals surface area contributed by atoms with Crippen molar-refractivity contribution >= 4 is 5.82 Å². The summed E-state index contributed by atoms with van der Waals surface area (Å²) >= 11 is 0. The van der Waals surface area contributed by atoms with Crippen molar-refractivity contribution in [1.29, 1.82) is 0 Å². The molecule has 1 aromatic heterocycles. The number of hydrogen-bond acceptors (Lipinski definition) is 5. The molecule has 0 saturated heterocycles. The number of para-hydroxylation sites is 1. The number of nitrogen functional groups attached to an aromatic ring is 1. The zero-order chi connectivity index (χ0) is 9.97. The van der Waals surface area contributed by atoms with Gasteiger partial charge >= 0.3 is 0 Å². The molecule has 0 unspecified atom stereocenters. The standard InChI is InChI=1S/C9H9N3O2/c1-13-7-5-3-2-4-6(7)8-9(10)12-14-11-8/h2-5H,1H3,(H2,10,12). The molecule has 0 radical (unpaired) electrons. The number of nitrogens with two attached hydrogens (primary N) is 1. The van der Waals surface area contributed by atoms with Gasteiger partial charge in [-0.25, -0.2) is 4.63 Å². The van der Waals surface area contributed by atoms with Gasteiger partial charge in [0.25, 0.3) is 0 Å². The number of benzene rings is 1. The molecule has 2 aromatic rings. The summed E-state index contributed by atoms with van der Waals surface area (Å²) in [4.78, 5) is 0. The number of ether oxygens (including phenoxy) is 1. The molecule has 5 nitrogen and oxygen atoms in total. The van der Waals surface area contributed by atoms with Crippen molar-refractivity contribution in [2.45, 2.75) is 0 Å². The van der Waals surface area contributed by atoms with Gasteiger partial charge in [0.15, 0.2) is 11.5 Å². The minimum atomic E-state index is 0.259. The first-order valence-corrected chi connectivity index (χ1v) is 4.04. The third kappa shape index (κ3) is 1.28. The van der Waals surface area contributed by atoms with Crippen LogP contribution in [0.2, 0.25) is 0 Å². The van der Waals surface area contributed by atoms with Crippen LogP contribution in [-0.2, 0) is 0 Å². The quantitative estimate of drug-likeness (QED) is 0.775. The highest BCUT2D eigenvalue weighted by Crippen LogP contribution is 2.30. The van der Waals surface area contributed by atoms with Gasteiger partial charge in [-0.1, -0.05) is 12.1 Å². The van der Waals surface area contributed by atoms with E-state index in [0.717, 1.165) is 5.56 Å². The molecule has 2 rings (SSSR count). The van der Waals surface area contributed by atoms with Crippen molar-refractivity contribution in [3.63, 3.8) is 0 Å². The number of rotatable bonds is 2. The van der Waals surface area contributed by atoms with Crippen LogP contribution in [0.15, 0.2) is 28.9 Å². The van der Waals surface area contributed by atoms with E-state index in [4.69, 9.17) is 10.5 Å². The second-order valence-electron chi connectivity index (χ2n) is 2.70. The number of hydrogen-bond donors (Lipinski definition) is 1. The van der Waals surface area contributed by atoms with E-state index in [0.29, 0.717) is 11.4 Å². The lowest BCUT2D eigenvalue weighted by molar-refractivity contribution is 0.310. The number of aromatic nitrogens is 2. The Morgan fingerprint density at radius 3 is 2.71 bits per heavy atom. The van der Waals surface area contributed by atoms with Crippen LogP contribution >= 0.6 is 0 Å². The fourth-order valence-electron chi connectivity index (χ4n) is 1.22. The molecule has 14 heavy (non-hydrogen) atoms. The molecule has 0 aliphatic carbocycles. The first-order valence-electron chi connectivity index (χ1n) is 4.04. The largest absolute Gasteiger partial charge is 0.496 e. The lowest BCUT2D eigenvalue weighted by Gasteiger charge is -2.04. The fraction of sp³-hybridized carbons (Fsp3) is 0.111. The monoisotopic (exact) mass is 191 g/mol. The average molecular weight is 191 g/mol. The van der Waals surface area contributed by atoms with E-state index in [2.05, 4.69) is 14.9 Å². The Bertz CT molecular complexity index is 439. The van der Waals surface area contributed by atoms with E-state index in [-0.39, 0.29) is 5.82 Å². The lowest BCUT2D eigenvalue weighted by atomic mass is 10.1. The zero-order valence-electron chi connectivity index (χ0n) is 7.60. The second-order valence-corrected chi connectivity index (χ2v) is 2.70. The Hall–Kier alpha value is -2.04. The molecule has 0 amide bonds. The van der Waals surface area contributed by atoms with E-state index >= 15 is 0 Å². The van der Waals surface area contributed by atoms with Crippen molar-refractivity contribution in [1.82, 2.24) is 10.3 Å². The highest BCUT2D eigenvalue weighted by Gasteiger charge is 2.12. The van der Waals surface area contributed by atoms with Gasteiger partial charge in [-0.2, -0.15) is 0 Å². The molecule has 0 bridgehead atoms. The van der Waals surface area contributed by atoms with Gasteiger partial charge < -0.3 is 10.5 Å². The molecule has 0 atom stereocenters. The summed E-state index contributed by atoms with van der Waals surface area (Å²) in [7, 11) is 1.59. The molecular formula is C9H9N3O2. The minimum absolute atomic E-state index is 0.259. The van der Waals surface area contributed by atoms with Crippen molar-refractivity contribution < 1.29 is 9.37 Å². The van der Waals surface area contributed by atoms with Crippen LogP contribution in [-0.4, -0.2) is 17.4 Å². The fourth-order valence-corrected chi connectivity index (χ4v) is 1.22. The molecule has 0 aliphatic rings. The summed E-state index contributed by atoms with van der Waals surface area (Å²) in [5.74, 6) is 0.949. The second kappa shape index (κ2) is 3.37. The highest BCUT2D eigenvalue weighted by molar-refractivity contribution is 5.74. The maximum absolute atomic E-state index is 5.57. The van der Waals surface area contributed by atoms with Crippen molar-refractivity contribution in [3.05, 3.63) is 24.3 Å². The van der Waals surface area contributed by atoms with Gasteiger partial charge in [-0.15, -0.1) is 0 Å². The molecular weight excluding hydrogens is 182 g/mol. The lowest BCUT2D eigenvalue weighted by Crippen LogP contribution is -1.91. The number of methoxy groups -OCH3 is 1. The maximum Gasteiger partial charge on any atom is 0.196 e. The summed E-state index contributed by atoms with van der Waals surface area (Å²) < 4.78 is 9.68. The third-order valence-corrected chi connectivity index (χ3v) is 1.88. The Morgan fingerprint density at radius 1 is 1.29 bits per heavy atom. The summed E-state index contributed by atoms with van der Waals surface area (Å²) in [6, 6.07) is 7.40. The third-order valence-electron chi connectivity index (χ3n) is 1.88. The molecule has 1 aromatic carbocycles. The van der Waals surface area contributed by atoms with Crippen LogP contribution in [0.1, 0.15) is 0 Å². The normalized spacial score (nSPS) is 10.1. The maximum atomic E-state index is 5.57. The molecule has 0 spiro atoms. The van der Waals surface area contributed by atoms with Crippen LogP contribution in [0.25, 0.3) is 11.3 Å². The van der Waals surface area contributed by atoms with E-state index < -0.39 is 0 Å². The van der Waals surface area contributed by atoms with Crippen molar-refractivity contribution in [2.24, 2.45) is 0 Å². The van der Waals surface area contributed by atoms with Gasteiger partial charge in [-0.05, 0) is 22.4 Å². The van der Waals surface area contributed by atoms with Crippen LogP contribution in [0.3, 0.4) is 0 Å². The SMILES string of the molecule is COc1ccccc1-c1nonc1N. The first kappa shape index (κ1) is 8.55. The number of nitrogens with zero attached hydrogens (tertiary/aromatic N) is 2. The molecule has 0 saturated carbocycles. The topological polar surface area (TPSA) is 74.2 Å². The average Bonchev–Trinajstić information content (AvgIpc) is 2.64. The predicted octanol–water partition coefficient (Wildman–Crippen LogP) is 1.33. The smallest absolute Gasteiger partial charge is 0.196 e. The van der Waals surface area contributed by atoms with E-state index in [9.17, 15) is 0 Å². The summed E-state index contributed by atoms with van der Waals surface area (Å²) in [6.45, 7) is 0. The summed E-state index contributed by atoms with van der Waals surface area (Å²) in [6.07, 6.45) is 0. The first-order chi connectivity index (χ1) is 6.83. The van der Waals surface area contributed by atoms with Gasteiger partial charge in [0.2, 0.25) is 0 Å². The summed E-state index contributed by atoms with van der Waals surface area (Å²) in [5, 5.41) is 7.21. The zero-order valence-corrected chi connectivity index (χ0v) is 7.60. The minimum Gasteiger partial charge on any atom is -0.496 e. The van der Waals surface area contributed by atoms with Crippen LogP contribution in [0.5, 0.6) is 5.75 Å². The van der Waals surface area contributed by atoms with E-state index in [1.807, 2.05) is 24.3 Å². The van der Waals surface area contributed by atoms with Crippen molar-refractivity contribution in [3.8, 4) is 17.0 Å². The Kier molecular flexibility index (Phi) is 2.06. The van der Waals surface area contributed by atoms with E-state index in [1.165, 1.54) is 0 Å². The Balaban J connectivity index is 2.56. The number of anilines is 1. The molecule has 0 fully saturated rings. The Labute approximate surface area is 80.4 Å². The highest BCUT2D eigenvalue weighted by atomic mass is 16.6.